The van der Waals surface area contributed by atoms with E-state index in [9.17, 15) is 8.78 Å². The van der Waals surface area contributed by atoms with Gasteiger partial charge < -0.3 is 10.6 Å². The maximum absolute atomic E-state index is 13.1. The smallest absolute Gasteiger partial charge is 0.160 e. The molecule has 2 aromatic rings. The summed E-state index contributed by atoms with van der Waals surface area (Å²) in [7, 11) is 0. The fourth-order valence-electron chi connectivity index (χ4n) is 1.50. The SMILES string of the molecule is CCCNc1cc(Nc2ccc(F)c(F)c2)ncn1. The van der Waals surface area contributed by atoms with Crippen LogP contribution in [-0.2, 0) is 0 Å². The van der Waals surface area contributed by atoms with Crippen LogP contribution in [0.25, 0.3) is 0 Å². The van der Waals surface area contributed by atoms with Crippen molar-refractivity contribution >= 4 is 17.3 Å². The van der Waals surface area contributed by atoms with Crippen LogP contribution in [0.4, 0.5) is 26.1 Å². The van der Waals surface area contributed by atoms with Crippen LogP contribution < -0.4 is 10.6 Å². The van der Waals surface area contributed by atoms with Crippen LogP contribution in [0.15, 0.2) is 30.6 Å². The van der Waals surface area contributed by atoms with Gasteiger partial charge in [0, 0.05) is 24.4 Å². The average Bonchev–Trinajstić information content (AvgIpc) is 2.41. The largest absolute Gasteiger partial charge is 0.370 e. The zero-order valence-corrected chi connectivity index (χ0v) is 10.5. The third-order valence-corrected chi connectivity index (χ3v) is 2.42. The molecule has 0 bridgehead atoms. The number of rotatable bonds is 5. The van der Waals surface area contributed by atoms with E-state index in [0.717, 1.165) is 25.1 Å². The van der Waals surface area contributed by atoms with Gasteiger partial charge in [-0.3, -0.25) is 0 Å². The molecule has 6 heteroatoms. The fraction of sp³-hybridized carbons (Fsp3) is 0.231. The molecule has 0 saturated carbocycles. The van der Waals surface area contributed by atoms with Gasteiger partial charge in [0.25, 0.3) is 0 Å². The number of halogens is 2. The number of anilines is 3. The second-order valence-corrected chi connectivity index (χ2v) is 3.97. The Labute approximate surface area is 109 Å². The van der Waals surface area contributed by atoms with Gasteiger partial charge >= 0.3 is 0 Å². The van der Waals surface area contributed by atoms with Gasteiger partial charge in [0.2, 0.25) is 0 Å². The van der Waals surface area contributed by atoms with Gasteiger partial charge in [-0.15, -0.1) is 0 Å². The fourth-order valence-corrected chi connectivity index (χ4v) is 1.50. The highest BCUT2D eigenvalue weighted by molar-refractivity contribution is 5.58. The molecule has 1 aromatic carbocycles. The van der Waals surface area contributed by atoms with E-state index in [2.05, 4.69) is 27.5 Å². The quantitative estimate of drug-likeness (QED) is 0.869. The highest BCUT2D eigenvalue weighted by atomic mass is 19.2. The zero-order valence-electron chi connectivity index (χ0n) is 10.5. The van der Waals surface area contributed by atoms with Gasteiger partial charge in [-0.05, 0) is 18.6 Å². The first-order chi connectivity index (χ1) is 9.19. The number of nitrogens with zero attached hydrogens (tertiary/aromatic N) is 2. The van der Waals surface area contributed by atoms with Crippen molar-refractivity contribution in [1.82, 2.24) is 9.97 Å². The van der Waals surface area contributed by atoms with Crippen LogP contribution in [0.5, 0.6) is 0 Å². The number of hydrogen-bond acceptors (Lipinski definition) is 4. The lowest BCUT2D eigenvalue weighted by Crippen LogP contribution is -2.03. The van der Waals surface area contributed by atoms with Crippen molar-refractivity contribution in [2.75, 3.05) is 17.2 Å². The van der Waals surface area contributed by atoms with Crippen LogP contribution in [-0.4, -0.2) is 16.5 Å². The van der Waals surface area contributed by atoms with Crippen molar-refractivity contribution in [1.29, 1.82) is 0 Å². The lowest BCUT2D eigenvalue weighted by atomic mass is 10.3. The third kappa shape index (κ3) is 3.61. The summed E-state index contributed by atoms with van der Waals surface area (Å²) in [5.74, 6) is -0.580. The normalized spacial score (nSPS) is 10.3. The Hall–Kier alpha value is -2.24. The van der Waals surface area contributed by atoms with Gasteiger partial charge in [0.1, 0.15) is 18.0 Å². The van der Waals surface area contributed by atoms with Crippen LogP contribution >= 0.6 is 0 Å². The zero-order chi connectivity index (χ0) is 13.7. The van der Waals surface area contributed by atoms with Crippen molar-refractivity contribution in [2.24, 2.45) is 0 Å². The highest BCUT2D eigenvalue weighted by Crippen LogP contribution is 2.18. The minimum Gasteiger partial charge on any atom is -0.370 e. The van der Waals surface area contributed by atoms with Gasteiger partial charge in [0.15, 0.2) is 11.6 Å². The molecule has 0 fully saturated rings. The average molecular weight is 264 g/mol. The highest BCUT2D eigenvalue weighted by Gasteiger charge is 2.04. The summed E-state index contributed by atoms with van der Waals surface area (Å²) in [5.41, 5.74) is 0.430. The van der Waals surface area contributed by atoms with Crippen molar-refractivity contribution in [3.8, 4) is 0 Å². The molecule has 0 atom stereocenters. The molecule has 0 saturated heterocycles. The van der Waals surface area contributed by atoms with Gasteiger partial charge in [-0.25, -0.2) is 18.7 Å². The molecule has 1 aromatic heterocycles. The summed E-state index contributed by atoms with van der Waals surface area (Å²) in [4.78, 5) is 8.07. The number of hydrogen-bond donors (Lipinski definition) is 2. The molecule has 2 N–H and O–H groups in total. The van der Waals surface area contributed by atoms with E-state index in [1.54, 1.807) is 6.07 Å². The molecule has 0 aliphatic rings. The molecule has 0 radical (unpaired) electrons. The monoisotopic (exact) mass is 264 g/mol. The molecule has 0 spiro atoms. The molecule has 0 unspecified atom stereocenters. The van der Waals surface area contributed by atoms with Gasteiger partial charge in [-0.1, -0.05) is 6.92 Å². The first-order valence-electron chi connectivity index (χ1n) is 5.97. The molecule has 4 nitrogen and oxygen atoms in total. The molecular weight excluding hydrogens is 250 g/mol. The lowest BCUT2D eigenvalue weighted by molar-refractivity contribution is 0.509. The van der Waals surface area contributed by atoms with Crippen molar-refractivity contribution in [3.63, 3.8) is 0 Å². The molecule has 0 aliphatic carbocycles. The van der Waals surface area contributed by atoms with E-state index in [1.165, 1.54) is 12.4 Å². The maximum Gasteiger partial charge on any atom is 0.160 e. The summed E-state index contributed by atoms with van der Waals surface area (Å²) in [6.45, 7) is 2.86. The summed E-state index contributed by atoms with van der Waals surface area (Å²) < 4.78 is 25.9. The Balaban J connectivity index is 2.11. The van der Waals surface area contributed by atoms with Crippen LogP contribution in [0.1, 0.15) is 13.3 Å². The van der Waals surface area contributed by atoms with Crippen LogP contribution in [0.2, 0.25) is 0 Å². The summed E-state index contributed by atoms with van der Waals surface area (Å²) in [5, 5.41) is 6.01. The molecule has 1 heterocycles. The van der Waals surface area contributed by atoms with Crippen molar-refractivity contribution in [2.45, 2.75) is 13.3 Å². The van der Waals surface area contributed by atoms with Crippen molar-refractivity contribution in [3.05, 3.63) is 42.2 Å². The van der Waals surface area contributed by atoms with E-state index in [0.29, 0.717) is 17.3 Å². The Morgan fingerprint density at radius 2 is 1.84 bits per heavy atom. The molecule has 100 valence electrons. The Morgan fingerprint density at radius 1 is 1.05 bits per heavy atom. The predicted molar refractivity (Wildman–Crippen MR) is 70.5 cm³/mol. The number of nitrogens with one attached hydrogen (secondary N) is 2. The third-order valence-electron chi connectivity index (χ3n) is 2.42. The standard InChI is InChI=1S/C13H14F2N4/c1-2-5-16-12-7-13(18-8-17-12)19-9-3-4-10(14)11(15)6-9/h3-4,6-8H,2,5H2,1H3,(H2,16,17,18,19). The second kappa shape index (κ2) is 6.08. The Morgan fingerprint density at radius 3 is 2.58 bits per heavy atom. The summed E-state index contributed by atoms with van der Waals surface area (Å²) in [6, 6.07) is 5.29. The second-order valence-electron chi connectivity index (χ2n) is 3.97. The topological polar surface area (TPSA) is 49.8 Å². The Kier molecular flexibility index (Phi) is 4.22. The predicted octanol–water partition coefficient (Wildman–Crippen LogP) is 3.32. The van der Waals surface area contributed by atoms with Gasteiger partial charge in [0.05, 0.1) is 0 Å². The van der Waals surface area contributed by atoms with E-state index in [-0.39, 0.29) is 0 Å². The van der Waals surface area contributed by atoms with E-state index >= 15 is 0 Å². The molecule has 0 aliphatic heterocycles. The van der Waals surface area contributed by atoms with Crippen LogP contribution in [0, 0.1) is 11.6 Å². The minimum atomic E-state index is -0.900. The molecule has 19 heavy (non-hydrogen) atoms. The first-order valence-corrected chi connectivity index (χ1v) is 5.97. The molecular formula is C13H14F2N4. The van der Waals surface area contributed by atoms with E-state index in [1.807, 2.05) is 0 Å². The molecule has 0 amide bonds. The number of aromatic nitrogens is 2. The lowest BCUT2D eigenvalue weighted by Gasteiger charge is -2.08. The summed E-state index contributed by atoms with van der Waals surface area (Å²) in [6.07, 6.45) is 2.39. The minimum absolute atomic E-state index is 0.430. The van der Waals surface area contributed by atoms with Gasteiger partial charge in [-0.2, -0.15) is 0 Å². The maximum atomic E-state index is 13.1. The molecule has 2 rings (SSSR count). The van der Waals surface area contributed by atoms with E-state index < -0.39 is 11.6 Å². The summed E-state index contributed by atoms with van der Waals surface area (Å²) >= 11 is 0. The van der Waals surface area contributed by atoms with Crippen LogP contribution in [0.3, 0.4) is 0 Å². The first kappa shape index (κ1) is 13.2. The Bertz CT molecular complexity index is 560. The van der Waals surface area contributed by atoms with E-state index in [4.69, 9.17) is 0 Å². The van der Waals surface area contributed by atoms with Crippen molar-refractivity contribution < 1.29 is 8.78 Å². The number of benzene rings is 1.